The summed E-state index contributed by atoms with van der Waals surface area (Å²) in [6.45, 7) is -0.165. The van der Waals surface area contributed by atoms with E-state index in [2.05, 4.69) is 0 Å². The molecule has 0 amide bonds. The van der Waals surface area contributed by atoms with Crippen molar-refractivity contribution >= 4 is 16.3 Å². The minimum absolute atomic E-state index is 0.000749. The highest BCUT2D eigenvalue weighted by atomic mass is 32.2. The van der Waals surface area contributed by atoms with Crippen molar-refractivity contribution in [2.75, 3.05) is 7.11 Å². The Morgan fingerprint density at radius 3 is 2.03 bits per heavy atom. The molecule has 0 saturated carbocycles. The second-order valence-electron chi connectivity index (χ2n) is 6.56. The Morgan fingerprint density at radius 2 is 1.47 bits per heavy atom. The summed E-state index contributed by atoms with van der Waals surface area (Å²) in [5.74, 6) is -1.43. The molecule has 3 aromatic carbocycles. The number of carbonyl (C=O) groups is 1. The van der Waals surface area contributed by atoms with Gasteiger partial charge in [0.05, 0.1) is 12.0 Å². The highest BCUT2D eigenvalue weighted by Crippen LogP contribution is 2.23. The van der Waals surface area contributed by atoms with Gasteiger partial charge in [0.1, 0.15) is 12.0 Å². The summed E-state index contributed by atoms with van der Waals surface area (Å²) in [6, 6.07) is 15.6. The van der Waals surface area contributed by atoms with Gasteiger partial charge in [-0.2, -0.15) is 4.31 Å². The minimum atomic E-state index is -3.99. The van der Waals surface area contributed by atoms with E-state index < -0.39 is 21.7 Å². The maximum atomic E-state index is 13.7. The third-order valence-electron chi connectivity index (χ3n) is 4.51. The Bertz CT molecular complexity index is 1130. The van der Waals surface area contributed by atoms with E-state index in [0.29, 0.717) is 28.7 Å². The Balaban J connectivity index is 1.97. The van der Waals surface area contributed by atoms with E-state index in [-0.39, 0.29) is 18.0 Å². The molecule has 0 aliphatic heterocycles. The normalized spacial score (nSPS) is 11.5. The van der Waals surface area contributed by atoms with Gasteiger partial charge in [0.2, 0.25) is 10.0 Å². The smallest absolute Gasteiger partial charge is 0.243 e. The topological polar surface area (TPSA) is 63.7 Å². The number of nitrogens with zero attached hydrogens (tertiary/aromatic N) is 1. The summed E-state index contributed by atoms with van der Waals surface area (Å²) in [6.07, 6.45) is 0.618. The molecule has 8 heteroatoms. The molecule has 156 valence electrons. The summed E-state index contributed by atoms with van der Waals surface area (Å²) >= 11 is 0. The number of halogens is 2. The molecule has 0 radical (unpaired) electrons. The minimum Gasteiger partial charge on any atom is -0.497 e. The van der Waals surface area contributed by atoms with Crippen LogP contribution in [0.2, 0.25) is 0 Å². The van der Waals surface area contributed by atoms with Crippen LogP contribution >= 0.6 is 0 Å². The molecule has 0 atom stereocenters. The maximum absolute atomic E-state index is 13.7. The molecule has 0 saturated heterocycles. The molecule has 0 fully saturated rings. The number of ether oxygens (including phenoxy) is 1. The summed E-state index contributed by atoms with van der Waals surface area (Å²) in [5.41, 5.74) is 1.33. The van der Waals surface area contributed by atoms with Crippen LogP contribution in [0.3, 0.4) is 0 Å². The third kappa shape index (κ3) is 4.90. The van der Waals surface area contributed by atoms with Gasteiger partial charge in [0.15, 0.2) is 11.6 Å². The molecule has 30 heavy (non-hydrogen) atoms. The lowest BCUT2D eigenvalue weighted by molar-refractivity contribution is 0.112. The number of benzene rings is 3. The molecule has 0 aliphatic rings. The van der Waals surface area contributed by atoms with E-state index in [4.69, 9.17) is 4.74 Å². The van der Waals surface area contributed by atoms with Crippen molar-refractivity contribution in [3.63, 3.8) is 0 Å². The molecule has 0 N–H and O–H groups in total. The van der Waals surface area contributed by atoms with Crippen LogP contribution in [-0.4, -0.2) is 26.1 Å². The number of sulfonamides is 1. The molecule has 3 aromatic rings. The van der Waals surface area contributed by atoms with Crippen molar-refractivity contribution in [1.29, 1.82) is 0 Å². The van der Waals surface area contributed by atoms with Gasteiger partial charge in [-0.1, -0.05) is 30.3 Å². The fourth-order valence-electron chi connectivity index (χ4n) is 2.87. The number of hydrogen-bond acceptors (Lipinski definition) is 4. The van der Waals surface area contributed by atoms with Crippen molar-refractivity contribution in [1.82, 2.24) is 4.31 Å². The zero-order chi connectivity index (χ0) is 21.7. The first-order valence-corrected chi connectivity index (χ1v) is 10.4. The summed E-state index contributed by atoms with van der Waals surface area (Å²) in [7, 11) is -2.47. The number of rotatable bonds is 8. The Kier molecular flexibility index (Phi) is 6.59. The lowest BCUT2D eigenvalue weighted by atomic mass is 10.2. The summed E-state index contributed by atoms with van der Waals surface area (Å²) in [5, 5.41) is 0. The molecule has 0 aromatic heterocycles. The molecule has 0 heterocycles. The standard InChI is InChI=1S/C22H19F2NO4S/c1-29-19-7-2-16(3-8-19)13-25(14-18-6-11-21(23)22(24)12-18)30(27,28)20-9-4-17(15-26)5-10-20/h2-12,15H,13-14H2,1H3. The molecule has 0 bridgehead atoms. The Morgan fingerprint density at radius 1 is 0.867 bits per heavy atom. The number of aldehydes is 1. The molecular formula is C22H19F2NO4S. The van der Waals surface area contributed by atoms with Crippen LogP contribution in [0.15, 0.2) is 71.6 Å². The van der Waals surface area contributed by atoms with Crippen LogP contribution in [0.25, 0.3) is 0 Å². The zero-order valence-electron chi connectivity index (χ0n) is 16.1. The first kappa shape index (κ1) is 21.6. The van der Waals surface area contributed by atoms with Gasteiger partial charge >= 0.3 is 0 Å². The van der Waals surface area contributed by atoms with Crippen molar-refractivity contribution in [3.8, 4) is 5.75 Å². The zero-order valence-corrected chi connectivity index (χ0v) is 16.9. The van der Waals surface area contributed by atoms with E-state index in [1.807, 2.05) is 0 Å². The van der Waals surface area contributed by atoms with Crippen molar-refractivity contribution in [2.24, 2.45) is 0 Å². The molecule has 0 aliphatic carbocycles. The second kappa shape index (κ2) is 9.15. The van der Waals surface area contributed by atoms with Gasteiger partial charge in [0, 0.05) is 18.7 Å². The SMILES string of the molecule is COc1ccc(CN(Cc2ccc(F)c(F)c2)S(=O)(=O)c2ccc(C=O)cc2)cc1. The lowest BCUT2D eigenvalue weighted by Gasteiger charge is -2.23. The van der Waals surface area contributed by atoms with Crippen LogP contribution in [0, 0.1) is 11.6 Å². The number of methoxy groups -OCH3 is 1. The average Bonchev–Trinajstić information content (AvgIpc) is 2.76. The third-order valence-corrected chi connectivity index (χ3v) is 6.32. The van der Waals surface area contributed by atoms with E-state index >= 15 is 0 Å². The van der Waals surface area contributed by atoms with E-state index in [1.165, 1.54) is 37.4 Å². The summed E-state index contributed by atoms with van der Waals surface area (Å²) in [4.78, 5) is 10.8. The van der Waals surface area contributed by atoms with Crippen molar-refractivity contribution < 1.29 is 26.7 Å². The monoisotopic (exact) mass is 431 g/mol. The fourth-order valence-corrected chi connectivity index (χ4v) is 4.29. The van der Waals surface area contributed by atoms with Crippen molar-refractivity contribution in [3.05, 3.63) is 95.1 Å². The first-order valence-electron chi connectivity index (χ1n) is 8.96. The molecule has 5 nitrogen and oxygen atoms in total. The lowest BCUT2D eigenvalue weighted by Crippen LogP contribution is -2.30. The Hall–Kier alpha value is -3.10. The average molecular weight is 431 g/mol. The van der Waals surface area contributed by atoms with E-state index in [0.717, 1.165) is 16.4 Å². The fraction of sp³-hybridized carbons (Fsp3) is 0.136. The number of hydrogen-bond donors (Lipinski definition) is 0. The van der Waals surface area contributed by atoms with Crippen LogP contribution in [-0.2, 0) is 23.1 Å². The highest BCUT2D eigenvalue weighted by Gasteiger charge is 2.25. The van der Waals surface area contributed by atoms with Crippen LogP contribution < -0.4 is 4.74 Å². The van der Waals surface area contributed by atoms with Crippen LogP contribution in [0.4, 0.5) is 8.78 Å². The molecule has 0 spiro atoms. The quantitative estimate of drug-likeness (QED) is 0.502. The van der Waals surface area contributed by atoms with Gasteiger partial charge in [-0.05, 0) is 47.5 Å². The summed E-state index contributed by atoms with van der Waals surface area (Å²) < 4.78 is 59.7. The maximum Gasteiger partial charge on any atom is 0.243 e. The first-order chi connectivity index (χ1) is 14.3. The van der Waals surface area contributed by atoms with Gasteiger partial charge < -0.3 is 4.74 Å². The van der Waals surface area contributed by atoms with E-state index in [1.54, 1.807) is 24.3 Å². The van der Waals surface area contributed by atoms with Gasteiger partial charge in [-0.25, -0.2) is 17.2 Å². The number of carbonyl (C=O) groups excluding carboxylic acids is 1. The van der Waals surface area contributed by atoms with Crippen molar-refractivity contribution in [2.45, 2.75) is 18.0 Å². The van der Waals surface area contributed by atoms with E-state index in [9.17, 15) is 22.0 Å². The Labute approximate surface area is 173 Å². The van der Waals surface area contributed by atoms with Crippen LogP contribution in [0.5, 0.6) is 5.75 Å². The van der Waals surface area contributed by atoms with Gasteiger partial charge in [0.25, 0.3) is 0 Å². The largest absolute Gasteiger partial charge is 0.497 e. The van der Waals surface area contributed by atoms with Crippen LogP contribution in [0.1, 0.15) is 21.5 Å². The predicted octanol–water partition coefficient (Wildman–Crippen LogP) is 4.18. The van der Waals surface area contributed by atoms with Gasteiger partial charge in [-0.3, -0.25) is 4.79 Å². The molecular weight excluding hydrogens is 412 g/mol. The predicted molar refractivity (Wildman–Crippen MR) is 108 cm³/mol. The molecule has 0 unspecified atom stereocenters. The second-order valence-corrected chi connectivity index (χ2v) is 8.49. The highest BCUT2D eigenvalue weighted by molar-refractivity contribution is 7.89. The molecule has 3 rings (SSSR count). The van der Waals surface area contributed by atoms with Gasteiger partial charge in [-0.15, -0.1) is 0 Å².